The largest absolute Gasteiger partial charge is 0.465 e. The number of amides is 3. The maximum Gasteiger partial charge on any atom is 0.412 e. The van der Waals surface area contributed by atoms with Gasteiger partial charge in [0.05, 0.1) is 11.4 Å². The van der Waals surface area contributed by atoms with Crippen LogP contribution in [0, 0.1) is 0 Å². The highest BCUT2D eigenvalue weighted by molar-refractivity contribution is 7.13. The standard InChI is InChI=1S/C24H25N3O5S/c1-24(2,3)32-23(31)27-18-11-10-17(20-5-4-12-33-20)13-19(18)26-21(28)16-8-6-15(7-9-16)14-25-22(29)30/h4-13,25H,14H2,1-3H3,(H,26,28)(H,27,31)(H,29,30). The van der Waals surface area contributed by atoms with Gasteiger partial charge < -0.3 is 20.5 Å². The minimum Gasteiger partial charge on any atom is -0.465 e. The average Bonchev–Trinajstić information content (AvgIpc) is 3.27. The van der Waals surface area contributed by atoms with Gasteiger partial charge in [0.15, 0.2) is 0 Å². The third-order valence-corrected chi connectivity index (χ3v) is 5.29. The lowest BCUT2D eigenvalue weighted by Gasteiger charge is -2.21. The van der Waals surface area contributed by atoms with Crippen molar-refractivity contribution in [2.24, 2.45) is 0 Å². The van der Waals surface area contributed by atoms with Gasteiger partial charge in [-0.1, -0.05) is 24.3 Å². The normalized spacial score (nSPS) is 10.9. The van der Waals surface area contributed by atoms with Crippen LogP contribution in [0.4, 0.5) is 21.0 Å². The molecule has 2 aromatic carbocycles. The van der Waals surface area contributed by atoms with Crippen LogP contribution in [0.5, 0.6) is 0 Å². The molecular weight excluding hydrogens is 442 g/mol. The number of nitrogens with one attached hydrogen (secondary N) is 3. The first-order valence-corrected chi connectivity index (χ1v) is 11.0. The third-order valence-electron chi connectivity index (χ3n) is 4.37. The first-order valence-electron chi connectivity index (χ1n) is 10.2. The van der Waals surface area contributed by atoms with Crippen molar-refractivity contribution in [1.29, 1.82) is 0 Å². The molecular formula is C24H25N3O5S. The van der Waals surface area contributed by atoms with Crippen molar-refractivity contribution in [3.63, 3.8) is 0 Å². The second-order valence-corrected chi connectivity index (χ2v) is 9.12. The van der Waals surface area contributed by atoms with Crippen molar-refractivity contribution in [3.05, 3.63) is 71.1 Å². The summed E-state index contributed by atoms with van der Waals surface area (Å²) in [6.45, 7) is 5.45. The molecule has 1 aromatic heterocycles. The van der Waals surface area contributed by atoms with E-state index in [0.717, 1.165) is 16.0 Å². The number of hydrogen-bond acceptors (Lipinski definition) is 5. The topological polar surface area (TPSA) is 117 Å². The SMILES string of the molecule is CC(C)(C)OC(=O)Nc1ccc(-c2cccs2)cc1NC(=O)c1ccc(CNC(=O)O)cc1. The molecule has 0 atom stereocenters. The van der Waals surface area contributed by atoms with Gasteiger partial charge in [0.2, 0.25) is 0 Å². The number of ether oxygens (including phenoxy) is 1. The van der Waals surface area contributed by atoms with E-state index in [0.29, 0.717) is 16.9 Å². The highest BCUT2D eigenvalue weighted by Gasteiger charge is 2.18. The van der Waals surface area contributed by atoms with Crippen LogP contribution in [0.1, 0.15) is 36.7 Å². The second-order valence-electron chi connectivity index (χ2n) is 8.17. The van der Waals surface area contributed by atoms with Crippen LogP contribution in [0.3, 0.4) is 0 Å². The number of thiophene rings is 1. The van der Waals surface area contributed by atoms with Crippen LogP contribution >= 0.6 is 11.3 Å². The fourth-order valence-electron chi connectivity index (χ4n) is 2.91. The molecule has 3 amide bonds. The molecule has 172 valence electrons. The van der Waals surface area contributed by atoms with Crippen LogP contribution < -0.4 is 16.0 Å². The number of carbonyl (C=O) groups excluding carboxylic acids is 2. The van der Waals surface area contributed by atoms with Crippen molar-refractivity contribution < 1.29 is 24.2 Å². The summed E-state index contributed by atoms with van der Waals surface area (Å²) in [5.41, 5.74) is 2.17. The summed E-state index contributed by atoms with van der Waals surface area (Å²) in [5.74, 6) is -0.372. The second kappa shape index (κ2) is 10.2. The van der Waals surface area contributed by atoms with Crippen molar-refractivity contribution in [2.75, 3.05) is 10.6 Å². The zero-order valence-electron chi connectivity index (χ0n) is 18.5. The summed E-state index contributed by atoms with van der Waals surface area (Å²) in [6.07, 6.45) is -1.75. The molecule has 0 spiro atoms. The molecule has 0 saturated heterocycles. The monoisotopic (exact) mass is 467 g/mol. The van der Waals surface area contributed by atoms with Gasteiger partial charge in [-0.05, 0) is 67.6 Å². The lowest BCUT2D eigenvalue weighted by Crippen LogP contribution is -2.27. The number of anilines is 2. The Balaban J connectivity index is 1.82. The first kappa shape index (κ1) is 23.8. The quantitative estimate of drug-likeness (QED) is 0.366. The van der Waals surface area contributed by atoms with E-state index in [1.807, 2.05) is 23.6 Å². The van der Waals surface area contributed by atoms with Crippen LogP contribution in [0.15, 0.2) is 60.0 Å². The summed E-state index contributed by atoms with van der Waals surface area (Å²) in [5, 5.41) is 18.5. The molecule has 3 aromatic rings. The molecule has 0 unspecified atom stereocenters. The van der Waals surface area contributed by atoms with E-state index in [1.54, 1.807) is 68.5 Å². The Bertz CT molecular complexity index is 1140. The number of carbonyl (C=O) groups is 3. The van der Waals surface area contributed by atoms with Gasteiger partial charge in [0, 0.05) is 17.0 Å². The summed E-state index contributed by atoms with van der Waals surface area (Å²) >= 11 is 1.56. The van der Waals surface area contributed by atoms with Crippen molar-refractivity contribution in [1.82, 2.24) is 5.32 Å². The maximum atomic E-state index is 12.9. The molecule has 3 rings (SSSR count). The maximum absolute atomic E-state index is 12.9. The molecule has 0 bridgehead atoms. The van der Waals surface area contributed by atoms with E-state index >= 15 is 0 Å². The van der Waals surface area contributed by atoms with E-state index < -0.39 is 17.8 Å². The highest BCUT2D eigenvalue weighted by Crippen LogP contribution is 2.32. The number of benzene rings is 2. The van der Waals surface area contributed by atoms with Gasteiger partial charge in [-0.3, -0.25) is 10.1 Å². The molecule has 33 heavy (non-hydrogen) atoms. The number of carboxylic acid groups (broad SMARTS) is 1. The molecule has 0 aliphatic carbocycles. The predicted molar refractivity (Wildman–Crippen MR) is 129 cm³/mol. The lowest BCUT2D eigenvalue weighted by atomic mass is 10.1. The minimum absolute atomic E-state index is 0.143. The fraction of sp³-hybridized carbons (Fsp3) is 0.208. The molecule has 9 heteroatoms. The number of rotatable bonds is 6. The van der Waals surface area contributed by atoms with Crippen molar-refractivity contribution in [2.45, 2.75) is 32.9 Å². The van der Waals surface area contributed by atoms with Gasteiger partial charge in [0.1, 0.15) is 5.60 Å². The molecule has 8 nitrogen and oxygen atoms in total. The molecule has 0 aliphatic rings. The smallest absolute Gasteiger partial charge is 0.412 e. The van der Waals surface area contributed by atoms with Crippen molar-refractivity contribution >= 4 is 40.8 Å². The molecule has 0 aliphatic heterocycles. The van der Waals surface area contributed by atoms with Crippen LogP contribution in [0.25, 0.3) is 10.4 Å². The van der Waals surface area contributed by atoms with E-state index in [9.17, 15) is 14.4 Å². The molecule has 0 saturated carbocycles. The van der Waals surface area contributed by atoms with Gasteiger partial charge in [0.25, 0.3) is 5.91 Å². The van der Waals surface area contributed by atoms with Crippen LogP contribution in [0.2, 0.25) is 0 Å². The van der Waals surface area contributed by atoms with Gasteiger partial charge in [-0.15, -0.1) is 11.3 Å². The molecule has 0 fully saturated rings. The Morgan fingerprint density at radius 2 is 1.70 bits per heavy atom. The third kappa shape index (κ3) is 7.08. The Labute approximate surface area is 195 Å². The summed E-state index contributed by atoms with van der Waals surface area (Å²) in [4.78, 5) is 36.9. The van der Waals surface area contributed by atoms with Crippen LogP contribution in [-0.4, -0.2) is 28.8 Å². The van der Waals surface area contributed by atoms with Crippen LogP contribution in [-0.2, 0) is 11.3 Å². The summed E-state index contributed by atoms with van der Waals surface area (Å²) in [7, 11) is 0. The zero-order valence-corrected chi connectivity index (χ0v) is 19.3. The van der Waals surface area contributed by atoms with Gasteiger partial charge in [-0.2, -0.15) is 0 Å². The van der Waals surface area contributed by atoms with Gasteiger partial charge >= 0.3 is 12.2 Å². The highest BCUT2D eigenvalue weighted by atomic mass is 32.1. The van der Waals surface area contributed by atoms with E-state index in [1.165, 1.54) is 0 Å². The molecule has 4 N–H and O–H groups in total. The summed E-state index contributed by atoms with van der Waals surface area (Å²) in [6, 6.07) is 15.8. The zero-order chi connectivity index (χ0) is 24.0. The Morgan fingerprint density at radius 3 is 2.30 bits per heavy atom. The summed E-state index contributed by atoms with van der Waals surface area (Å²) < 4.78 is 5.33. The van der Waals surface area contributed by atoms with E-state index in [4.69, 9.17) is 9.84 Å². The van der Waals surface area contributed by atoms with Gasteiger partial charge in [-0.25, -0.2) is 9.59 Å². The van der Waals surface area contributed by atoms with E-state index in [-0.39, 0.29) is 12.5 Å². The number of hydrogen-bond donors (Lipinski definition) is 4. The average molecular weight is 468 g/mol. The predicted octanol–water partition coefficient (Wildman–Crippen LogP) is 5.78. The molecule has 0 radical (unpaired) electrons. The first-order chi connectivity index (χ1) is 15.6. The molecule has 1 heterocycles. The van der Waals surface area contributed by atoms with E-state index in [2.05, 4.69) is 16.0 Å². The Kier molecular flexibility index (Phi) is 7.34. The van der Waals surface area contributed by atoms with Crippen molar-refractivity contribution in [3.8, 4) is 10.4 Å². The minimum atomic E-state index is -1.12. The fourth-order valence-corrected chi connectivity index (χ4v) is 3.64. The Hall–Kier alpha value is -3.85. The lowest BCUT2D eigenvalue weighted by molar-refractivity contribution is 0.0635. The Morgan fingerprint density at radius 1 is 0.970 bits per heavy atom.